The van der Waals surface area contributed by atoms with Gasteiger partial charge in [0.15, 0.2) is 5.84 Å². The van der Waals surface area contributed by atoms with E-state index in [1.165, 1.54) is 48.7 Å². The van der Waals surface area contributed by atoms with Crippen LogP contribution in [-0.4, -0.2) is 16.2 Å². The molecule has 1 aromatic heterocycles. The molecule has 9 aromatic carbocycles. The number of aliphatic imine (C=N–C) groups is 2. The van der Waals surface area contributed by atoms with Crippen molar-refractivity contribution in [1.82, 2.24) is 9.88 Å². The van der Waals surface area contributed by atoms with E-state index in [0.29, 0.717) is 5.84 Å². The quantitative estimate of drug-likeness (QED) is 0.198. The number of para-hydroxylation sites is 1. The summed E-state index contributed by atoms with van der Waals surface area (Å²) in [6.45, 7) is 0. The van der Waals surface area contributed by atoms with E-state index in [-0.39, 0.29) is 6.17 Å². The van der Waals surface area contributed by atoms with Gasteiger partial charge in [0, 0.05) is 32.8 Å². The monoisotopic (exact) mass is 676 g/mol. The van der Waals surface area contributed by atoms with Crippen LogP contribution in [0.1, 0.15) is 22.9 Å². The van der Waals surface area contributed by atoms with Crippen LogP contribution in [0, 0.1) is 0 Å². The van der Waals surface area contributed by atoms with Gasteiger partial charge in [-0.05, 0) is 68.0 Å². The molecule has 1 aliphatic rings. The third kappa shape index (κ3) is 4.69. The molecule has 0 spiro atoms. The molecule has 0 radical (unpaired) electrons. The summed E-state index contributed by atoms with van der Waals surface area (Å²) in [6, 6.07) is 65.1. The van der Waals surface area contributed by atoms with Crippen LogP contribution in [0.2, 0.25) is 0 Å². The van der Waals surface area contributed by atoms with Crippen molar-refractivity contribution in [3.05, 3.63) is 199 Å². The van der Waals surface area contributed by atoms with Gasteiger partial charge in [-0.25, -0.2) is 9.98 Å². The van der Waals surface area contributed by atoms with Crippen molar-refractivity contribution in [2.45, 2.75) is 6.17 Å². The Morgan fingerprint density at radius 2 is 1.02 bits per heavy atom. The number of amidine groups is 2. The molecule has 0 saturated carbocycles. The SMILES string of the molecule is c1ccc2cc3c(cc2c1)c1ccccc1n3-c1ccc(C2=NC(c3cccc4ccccc34)NC(c3cccc4ccccc34)=N2)c2ccccc12. The van der Waals surface area contributed by atoms with Gasteiger partial charge in [-0.3, -0.25) is 0 Å². The smallest absolute Gasteiger partial charge is 0.160 e. The fourth-order valence-electron chi connectivity index (χ4n) is 8.37. The van der Waals surface area contributed by atoms with Crippen molar-refractivity contribution in [2.24, 2.45) is 9.98 Å². The Kier molecular flexibility index (Phi) is 6.58. The maximum absolute atomic E-state index is 5.42. The van der Waals surface area contributed by atoms with E-state index in [9.17, 15) is 0 Å². The van der Waals surface area contributed by atoms with E-state index in [0.717, 1.165) is 44.4 Å². The van der Waals surface area contributed by atoms with Gasteiger partial charge < -0.3 is 9.88 Å². The number of nitrogens with zero attached hydrogens (tertiary/aromatic N) is 3. The van der Waals surface area contributed by atoms with Crippen molar-refractivity contribution >= 4 is 76.6 Å². The Hall–Kier alpha value is -7.04. The first-order valence-corrected chi connectivity index (χ1v) is 18.1. The van der Waals surface area contributed by atoms with E-state index in [1.807, 2.05) is 0 Å². The molecule has 248 valence electrons. The number of hydrogen-bond acceptors (Lipinski definition) is 3. The first kappa shape index (κ1) is 29.7. The van der Waals surface area contributed by atoms with E-state index in [4.69, 9.17) is 9.98 Å². The summed E-state index contributed by atoms with van der Waals surface area (Å²) in [5.41, 5.74) is 6.67. The van der Waals surface area contributed by atoms with Crippen LogP contribution in [0.25, 0.3) is 70.6 Å². The average molecular weight is 677 g/mol. The molecule has 4 nitrogen and oxygen atoms in total. The van der Waals surface area contributed by atoms with Crippen LogP contribution in [0.4, 0.5) is 0 Å². The normalized spacial score (nSPS) is 14.6. The zero-order chi connectivity index (χ0) is 34.9. The molecule has 1 N–H and O–H groups in total. The highest BCUT2D eigenvalue weighted by molar-refractivity contribution is 6.21. The highest BCUT2D eigenvalue weighted by atomic mass is 15.2. The highest BCUT2D eigenvalue weighted by Gasteiger charge is 2.25. The van der Waals surface area contributed by atoms with Gasteiger partial charge in [0.05, 0.1) is 16.7 Å². The molecule has 0 saturated heterocycles. The van der Waals surface area contributed by atoms with Crippen LogP contribution in [-0.2, 0) is 0 Å². The molecule has 2 heterocycles. The topological polar surface area (TPSA) is 41.7 Å². The van der Waals surface area contributed by atoms with Gasteiger partial charge >= 0.3 is 0 Å². The number of hydrogen-bond donors (Lipinski definition) is 1. The second-order valence-electron chi connectivity index (χ2n) is 13.8. The molecule has 1 unspecified atom stereocenters. The first-order chi connectivity index (χ1) is 26.3. The lowest BCUT2D eigenvalue weighted by Gasteiger charge is -2.26. The molecular formula is C49H32N4. The molecule has 0 fully saturated rings. The van der Waals surface area contributed by atoms with Crippen molar-refractivity contribution < 1.29 is 0 Å². The van der Waals surface area contributed by atoms with Crippen molar-refractivity contribution in [3.8, 4) is 5.69 Å². The average Bonchev–Trinajstić information content (AvgIpc) is 3.54. The second-order valence-corrected chi connectivity index (χ2v) is 13.8. The van der Waals surface area contributed by atoms with Crippen LogP contribution >= 0.6 is 0 Å². The Morgan fingerprint density at radius 1 is 0.415 bits per heavy atom. The van der Waals surface area contributed by atoms with Crippen molar-refractivity contribution in [2.75, 3.05) is 0 Å². The lowest BCUT2D eigenvalue weighted by molar-refractivity contribution is 0.680. The standard InChI is InChI=1S/C49H32N4/c1-2-16-34-30-46-43(29-33(34)15-1)39-23-9-10-26-44(39)53(46)45-28-27-42(37-21-7-8-22-38(37)45)49-51-47(40-24-11-17-31-13-3-5-19-35(31)40)50-48(52-49)41-25-12-18-32-14-4-6-20-36(32)41/h1-30,47H,(H,50,51,52). The van der Waals surface area contributed by atoms with Crippen LogP contribution in [0.3, 0.4) is 0 Å². The van der Waals surface area contributed by atoms with Crippen LogP contribution < -0.4 is 5.32 Å². The number of aromatic nitrogens is 1. The maximum Gasteiger partial charge on any atom is 0.160 e. The summed E-state index contributed by atoms with van der Waals surface area (Å²) < 4.78 is 2.43. The summed E-state index contributed by atoms with van der Waals surface area (Å²) in [6.07, 6.45) is -0.341. The number of fused-ring (bicyclic) bond motifs is 7. The summed E-state index contributed by atoms with van der Waals surface area (Å²) in [5.74, 6) is 1.52. The van der Waals surface area contributed by atoms with Gasteiger partial charge in [0.1, 0.15) is 12.0 Å². The van der Waals surface area contributed by atoms with Crippen molar-refractivity contribution in [1.29, 1.82) is 0 Å². The zero-order valence-electron chi connectivity index (χ0n) is 28.7. The lowest BCUT2D eigenvalue weighted by atomic mass is 9.98. The van der Waals surface area contributed by atoms with E-state index in [2.05, 4.69) is 192 Å². The lowest BCUT2D eigenvalue weighted by Crippen LogP contribution is -2.33. The number of benzene rings is 9. The predicted octanol–water partition coefficient (Wildman–Crippen LogP) is 11.9. The summed E-state index contributed by atoms with van der Waals surface area (Å²) in [5, 5.41) is 15.7. The fraction of sp³-hybridized carbons (Fsp3) is 0.0204. The van der Waals surface area contributed by atoms with Gasteiger partial charge in [-0.15, -0.1) is 0 Å². The Bertz CT molecular complexity index is 3160. The summed E-state index contributed by atoms with van der Waals surface area (Å²) >= 11 is 0. The molecule has 1 aliphatic heterocycles. The second kappa shape index (κ2) is 11.8. The van der Waals surface area contributed by atoms with E-state index < -0.39 is 0 Å². The third-order valence-electron chi connectivity index (χ3n) is 10.8. The Balaban J connectivity index is 1.16. The van der Waals surface area contributed by atoms with Gasteiger partial charge in [-0.2, -0.15) is 0 Å². The summed E-state index contributed by atoms with van der Waals surface area (Å²) in [4.78, 5) is 10.8. The third-order valence-corrected chi connectivity index (χ3v) is 10.8. The molecule has 53 heavy (non-hydrogen) atoms. The molecule has 10 aromatic rings. The van der Waals surface area contributed by atoms with Gasteiger partial charge in [-0.1, -0.05) is 152 Å². The minimum absolute atomic E-state index is 0.341. The number of rotatable bonds is 4. The highest BCUT2D eigenvalue weighted by Crippen LogP contribution is 2.38. The number of nitrogens with one attached hydrogen (secondary N) is 1. The Morgan fingerprint density at radius 3 is 1.83 bits per heavy atom. The molecule has 0 bridgehead atoms. The van der Waals surface area contributed by atoms with E-state index >= 15 is 0 Å². The van der Waals surface area contributed by atoms with Crippen LogP contribution in [0.15, 0.2) is 192 Å². The van der Waals surface area contributed by atoms with Gasteiger partial charge in [0.25, 0.3) is 0 Å². The fourth-order valence-corrected chi connectivity index (χ4v) is 8.37. The molecule has 4 heteroatoms. The molecular weight excluding hydrogens is 645 g/mol. The molecule has 0 aliphatic carbocycles. The summed E-state index contributed by atoms with van der Waals surface area (Å²) in [7, 11) is 0. The van der Waals surface area contributed by atoms with Crippen molar-refractivity contribution in [3.63, 3.8) is 0 Å². The largest absolute Gasteiger partial charge is 0.344 e. The molecule has 11 rings (SSSR count). The molecule has 1 atom stereocenters. The predicted molar refractivity (Wildman–Crippen MR) is 223 cm³/mol. The Labute approximate surface area is 306 Å². The maximum atomic E-state index is 5.42. The zero-order valence-corrected chi connectivity index (χ0v) is 28.7. The van der Waals surface area contributed by atoms with E-state index in [1.54, 1.807) is 0 Å². The molecule has 0 amide bonds. The first-order valence-electron chi connectivity index (χ1n) is 18.1. The minimum atomic E-state index is -0.341. The van der Waals surface area contributed by atoms with Crippen LogP contribution in [0.5, 0.6) is 0 Å². The minimum Gasteiger partial charge on any atom is -0.344 e. The van der Waals surface area contributed by atoms with Gasteiger partial charge in [0.2, 0.25) is 0 Å².